The van der Waals surface area contributed by atoms with Gasteiger partial charge in [0.25, 0.3) is 11.5 Å². The van der Waals surface area contributed by atoms with Gasteiger partial charge in [-0.15, -0.1) is 0 Å². The zero-order valence-electron chi connectivity index (χ0n) is 17.6. The molecule has 0 radical (unpaired) electrons. The number of carbonyl (C=O) groups excluding carboxylic acids is 1. The maximum Gasteiger partial charge on any atom is 0.282 e. The van der Waals surface area contributed by atoms with Crippen molar-refractivity contribution >= 4 is 50.6 Å². The van der Waals surface area contributed by atoms with Crippen molar-refractivity contribution in [2.45, 2.75) is 26.7 Å². The average molecular weight is 522 g/mol. The molecule has 0 aliphatic carbocycles. The van der Waals surface area contributed by atoms with E-state index in [1.165, 1.54) is 10.9 Å². The van der Waals surface area contributed by atoms with E-state index in [0.29, 0.717) is 41.1 Å². The molecule has 1 aromatic heterocycles. The fourth-order valence-corrected chi connectivity index (χ4v) is 3.67. The summed E-state index contributed by atoms with van der Waals surface area (Å²) in [5.74, 6) is 0.475. The lowest BCUT2D eigenvalue weighted by atomic mass is 10.2. The van der Waals surface area contributed by atoms with Crippen LogP contribution in [0.15, 0.2) is 44.7 Å². The number of ether oxygens (including phenoxy) is 2. The zero-order chi connectivity index (χ0) is 23.3. The standard InChI is InChI=1S/C22H22BrClN4O4/c1-3-5-20-27-17-7-6-14(23)10-15(17)22(30)28(20)26-11-13-8-16(24)21(32-12-19(25)29)18(9-13)31-4-2/h6-11H,3-5,12H2,1-2H3,(H2,25,29). The van der Waals surface area contributed by atoms with E-state index in [1.54, 1.807) is 24.3 Å². The number of benzene rings is 2. The van der Waals surface area contributed by atoms with Crippen LogP contribution >= 0.6 is 27.5 Å². The molecule has 2 aromatic carbocycles. The Balaban J connectivity index is 2.06. The highest BCUT2D eigenvalue weighted by Crippen LogP contribution is 2.36. The molecule has 2 N–H and O–H groups in total. The third kappa shape index (κ3) is 5.46. The second-order valence-electron chi connectivity index (χ2n) is 6.82. The van der Waals surface area contributed by atoms with Crippen LogP contribution in [0, 0.1) is 0 Å². The van der Waals surface area contributed by atoms with E-state index in [-0.39, 0.29) is 22.9 Å². The largest absolute Gasteiger partial charge is 0.490 e. The second kappa shape index (κ2) is 10.6. The van der Waals surface area contributed by atoms with Crippen LogP contribution in [0.4, 0.5) is 0 Å². The third-order valence-corrected chi connectivity index (χ3v) is 5.14. The summed E-state index contributed by atoms with van der Waals surface area (Å²) < 4.78 is 13.0. The lowest BCUT2D eigenvalue weighted by molar-refractivity contribution is -0.119. The van der Waals surface area contributed by atoms with Gasteiger partial charge in [-0.25, -0.2) is 4.98 Å². The molecule has 8 nitrogen and oxygen atoms in total. The molecule has 0 spiro atoms. The molecule has 0 atom stereocenters. The first-order valence-corrected chi connectivity index (χ1v) is 11.1. The van der Waals surface area contributed by atoms with E-state index in [0.717, 1.165) is 10.9 Å². The van der Waals surface area contributed by atoms with Crippen LogP contribution in [0.3, 0.4) is 0 Å². The van der Waals surface area contributed by atoms with E-state index in [4.69, 9.17) is 26.8 Å². The van der Waals surface area contributed by atoms with Gasteiger partial charge in [0.05, 0.1) is 28.7 Å². The van der Waals surface area contributed by atoms with Gasteiger partial charge in [0.2, 0.25) is 0 Å². The molecule has 0 unspecified atom stereocenters. The summed E-state index contributed by atoms with van der Waals surface area (Å²) in [5.41, 5.74) is 6.07. The van der Waals surface area contributed by atoms with E-state index in [1.807, 2.05) is 19.9 Å². The van der Waals surface area contributed by atoms with Crippen LogP contribution in [0.1, 0.15) is 31.7 Å². The number of rotatable bonds is 9. The normalized spacial score (nSPS) is 11.2. The number of nitrogens with two attached hydrogens (primary N) is 1. The minimum atomic E-state index is -0.632. The summed E-state index contributed by atoms with van der Waals surface area (Å²) >= 11 is 9.73. The number of carbonyl (C=O) groups is 1. The monoisotopic (exact) mass is 520 g/mol. The van der Waals surface area contributed by atoms with E-state index in [2.05, 4.69) is 26.0 Å². The van der Waals surface area contributed by atoms with Crippen LogP contribution in [0.2, 0.25) is 5.02 Å². The average Bonchev–Trinajstić information content (AvgIpc) is 2.74. The lowest BCUT2D eigenvalue weighted by Crippen LogP contribution is -2.22. The maximum atomic E-state index is 13.1. The molecule has 168 valence electrons. The molecule has 0 fully saturated rings. The molecular weight excluding hydrogens is 500 g/mol. The predicted octanol–water partition coefficient (Wildman–Crippen LogP) is 3.91. The van der Waals surface area contributed by atoms with Gasteiger partial charge in [-0.2, -0.15) is 9.78 Å². The van der Waals surface area contributed by atoms with Crippen molar-refractivity contribution in [2.24, 2.45) is 10.8 Å². The molecule has 32 heavy (non-hydrogen) atoms. The molecule has 3 rings (SSSR count). The van der Waals surface area contributed by atoms with Crippen molar-refractivity contribution in [1.82, 2.24) is 9.66 Å². The zero-order valence-corrected chi connectivity index (χ0v) is 19.9. The van der Waals surface area contributed by atoms with Gasteiger partial charge < -0.3 is 15.2 Å². The Bertz CT molecular complexity index is 1240. The smallest absolute Gasteiger partial charge is 0.282 e. The van der Waals surface area contributed by atoms with Crippen molar-refractivity contribution < 1.29 is 14.3 Å². The summed E-state index contributed by atoms with van der Waals surface area (Å²) in [6, 6.07) is 8.62. The highest BCUT2D eigenvalue weighted by molar-refractivity contribution is 9.10. The van der Waals surface area contributed by atoms with Crippen molar-refractivity contribution in [1.29, 1.82) is 0 Å². The van der Waals surface area contributed by atoms with E-state index >= 15 is 0 Å². The Labute approximate surface area is 198 Å². The molecule has 0 saturated heterocycles. The van der Waals surface area contributed by atoms with Gasteiger partial charge in [-0.1, -0.05) is 34.5 Å². The quantitative estimate of drug-likeness (QED) is 0.430. The molecule has 0 aliphatic heterocycles. The van der Waals surface area contributed by atoms with Gasteiger partial charge in [0.1, 0.15) is 5.82 Å². The Kier molecular flexibility index (Phi) is 7.87. The van der Waals surface area contributed by atoms with Crippen LogP contribution in [-0.2, 0) is 11.2 Å². The molecule has 1 amide bonds. The summed E-state index contributed by atoms with van der Waals surface area (Å²) in [7, 11) is 0. The van der Waals surface area contributed by atoms with Crippen molar-refractivity contribution in [3.63, 3.8) is 0 Å². The van der Waals surface area contributed by atoms with Crippen LogP contribution in [0.25, 0.3) is 10.9 Å². The molecule has 0 aliphatic rings. The van der Waals surface area contributed by atoms with Gasteiger partial charge in [-0.3, -0.25) is 9.59 Å². The SMILES string of the molecule is CCCc1nc2ccc(Br)cc2c(=O)n1N=Cc1cc(Cl)c(OCC(N)=O)c(OCC)c1. The number of aryl methyl sites for hydroxylation is 1. The van der Waals surface area contributed by atoms with Crippen molar-refractivity contribution in [3.05, 3.63) is 61.6 Å². The highest BCUT2D eigenvalue weighted by atomic mass is 79.9. The fraction of sp³-hybridized carbons (Fsp3) is 0.273. The van der Waals surface area contributed by atoms with Crippen molar-refractivity contribution in [2.75, 3.05) is 13.2 Å². The number of halogens is 2. The highest BCUT2D eigenvalue weighted by Gasteiger charge is 2.14. The van der Waals surface area contributed by atoms with Gasteiger partial charge >= 0.3 is 0 Å². The maximum absolute atomic E-state index is 13.1. The number of amides is 1. The van der Waals surface area contributed by atoms with Crippen LogP contribution in [-0.4, -0.2) is 35.0 Å². The summed E-state index contributed by atoms with van der Waals surface area (Å²) in [6.07, 6.45) is 2.89. The Morgan fingerprint density at radius 3 is 2.75 bits per heavy atom. The molecular formula is C22H22BrClN4O4. The second-order valence-corrected chi connectivity index (χ2v) is 8.14. The summed E-state index contributed by atoms with van der Waals surface area (Å²) in [6.45, 7) is 3.84. The number of aromatic nitrogens is 2. The molecule has 0 saturated carbocycles. The number of hydrogen-bond acceptors (Lipinski definition) is 6. The first kappa shape index (κ1) is 23.7. The van der Waals surface area contributed by atoms with Crippen LogP contribution in [0.5, 0.6) is 11.5 Å². The Hall–Kier alpha value is -2.91. The summed E-state index contributed by atoms with van der Waals surface area (Å²) in [4.78, 5) is 28.8. The van der Waals surface area contributed by atoms with Gasteiger partial charge in [0, 0.05) is 10.9 Å². The number of fused-ring (bicyclic) bond motifs is 1. The topological polar surface area (TPSA) is 109 Å². The van der Waals surface area contributed by atoms with E-state index in [9.17, 15) is 9.59 Å². The Morgan fingerprint density at radius 1 is 1.28 bits per heavy atom. The molecule has 10 heteroatoms. The fourth-order valence-electron chi connectivity index (χ4n) is 3.03. The first-order chi connectivity index (χ1) is 15.3. The van der Waals surface area contributed by atoms with E-state index < -0.39 is 5.91 Å². The minimum absolute atomic E-state index is 0.213. The number of nitrogens with zero attached hydrogens (tertiary/aromatic N) is 3. The van der Waals surface area contributed by atoms with Gasteiger partial charge in [-0.05, 0) is 49.2 Å². The molecule has 1 heterocycles. The first-order valence-electron chi connectivity index (χ1n) is 9.97. The third-order valence-electron chi connectivity index (χ3n) is 4.36. The number of primary amides is 1. The molecule has 3 aromatic rings. The lowest BCUT2D eigenvalue weighted by Gasteiger charge is -2.13. The Morgan fingerprint density at radius 2 is 2.06 bits per heavy atom. The molecule has 0 bridgehead atoms. The van der Waals surface area contributed by atoms with Crippen molar-refractivity contribution in [3.8, 4) is 11.5 Å². The minimum Gasteiger partial charge on any atom is -0.490 e. The predicted molar refractivity (Wildman–Crippen MR) is 128 cm³/mol. The van der Waals surface area contributed by atoms with Crippen LogP contribution < -0.4 is 20.8 Å². The number of hydrogen-bond donors (Lipinski definition) is 1. The van der Waals surface area contributed by atoms with Gasteiger partial charge in [0.15, 0.2) is 18.1 Å². The summed E-state index contributed by atoms with van der Waals surface area (Å²) in [5, 5.41) is 5.07.